The van der Waals surface area contributed by atoms with Crippen LogP contribution in [0.25, 0.3) is 10.9 Å². The molecular weight excluding hydrogens is 416 g/mol. The Morgan fingerprint density at radius 3 is 2.72 bits per heavy atom. The zero-order valence-corrected chi connectivity index (χ0v) is 17.6. The summed E-state index contributed by atoms with van der Waals surface area (Å²) in [6.07, 6.45) is -0.282. The number of fused-ring (bicyclic) bond motifs is 1. The fraction of sp³-hybridized carbons (Fsp3) is 0.348. The Hall–Kier alpha value is -3.43. The van der Waals surface area contributed by atoms with E-state index >= 15 is 0 Å². The van der Waals surface area contributed by atoms with Crippen molar-refractivity contribution in [2.75, 3.05) is 33.4 Å². The Bertz CT molecular complexity index is 1240. The van der Waals surface area contributed by atoms with Gasteiger partial charge in [-0.2, -0.15) is 0 Å². The van der Waals surface area contributed by atoms with E-state index in [9.17, 15) is 19.5 Å². The first-order chi connectivity index (χ1) is 15.5. The molecule has 1 aromatic carbocycles. The smallest absolute Gasteiger partial charge is 0.306 e. The maximum absolute atomic E-state index is 12.9. The third kappa shape index (κ3) is 4.58. The Morgan fingerprint density at radius 1 is 1.22 bits per heavy atom. The van der Waals surface area contributed by atoms with E-state index in [1.165, 1.54) is 13.2 Å². The maximum atomic E-state index is 12.9. The molecule has 1 aliphatic heterocycles. The van der Waals surface area contributed by atoms with Crippen molar-refractivity contribution in [1.82, 2.24) is 9.88 Å². The van der Waals surface area contributed by atoms with Gasteiger partial charge in [-0.15, -0.1) is 0 Å². The van der Waals surface area contributed by atoms with E-state index in [0.717, 1.165) is 5.39 Å². The molecule has 2 N–H and O–H groups in total. The van der Waals surface area contributed by atoms with Crippen LogP contribution in [0.4, 0.5) is 0 Å². The number of para-hydroxylation sites is 1. The van der Waals surface area contributed by atoms with Crippen molar-refractivity contribution in [3.05, 3.63) is 74.1 Å². The van der Waals surface area contributed by atoms with Crippen molar-refractivity contribution in [3.8, 4) is 5.75 Å². The van der Waals surface area contributed by atoms with E-state index in [1.54, 1.807) is 18.2 Å². The van der Waals surface area contributed by atoms with Crippen molar-refractivity contribution < 1.29 is 23.8 Å². The molecule has 1 aliphatic rings. The van der Waals surface area contributed by atoms with Gasteiger partial charge in [0, 0.05) is 30.2 Å². The molecule has 32 heavy (non-hydrogen) atoms. The number of rotatable bonds is 6. The highest BCUT2D eigenvalue weighted by molar-refractivity contribution is 5.79. The fourth-order valence-corrected chi connectivity index (χ4v) is 3.87. The molecular formula is C23H24N2O7. The van der Waals surface area contributed by atoms with Gasteiger partial charge in [0.25, 0.3) is 5.56 Å². The quantitative estimate of drug-likeness (QED) is 0.556. The Morgan fingerprint density at radius 2 is 1.97 bits per heavy atom. The number of nitrogens with one attached hydrogen (secondary N) is 1. The summed E-state index contributed by atoms with van der Waals surface area (Å²) < 4.78 is 16.1. The lowest BCUT2D eigenvalue weighted by molar-refractivity contribution is -0.140. The zero-order chi connectivity index (χ0) is 22.7. The number of aromatic amines is 1. The predicted molar refractivity (Wildman–Crippen MR) is 116 cm³/mol. The lowest BCUT2D eigenvalue weighted by atomic mass is 9.92. The van der Waals surface area contributed by atoms with Crippen molar-refractivity contribution in [2.45, 2.75) is 18.9 Å². The van der Waals surface area contributed by atoms with E-state index in [4.69, 9.17) is 13.9 Å². The molecule has 0 radical (unpaired) electrons. The number of benzene rings is 1. The highest BCUT2D eigenvalue weighted by Gasteiger charge is 2.29. The number of aromatic nitrogens is 1. The van der Waals surface area contributed by atoms with Gasteiger partial charge < -0.3 is 24.0 Å². The number of morpholine rings is 1. The average Bonchev–Trinajstić information content (AvgIpc) is 2.80. The van der Waals surface area contributed by atoms with Crippen LogP contribution in [0.3, 0.4) is 0 Å². The summed E-state index contributed by atoms with van der Waals surface area (Å²) in [5, 5.41) is 11.3. The normalized spacial score (nSPS) is 15.5. The fourth-order valence-electron chi connectivity index (χ4n) is 3.87. The van der Waals surface area contributed by atoms with Gasteiger partial charge in [-0.1, -0.05) is 18.2 Å². The molecule has 2 aromatic heterocycles. The topological polar surface area (TPSA) is 122 Å². The number of carbonyl (C=O) groups excluding carboxylic acids is 1. The second kappa shape index (κ2) is 9.37. The molecule has 1 saturated heterocycles. The van der Waals surface area contributed by atoms with Gasteiger partial charge in [0.1, 0.15) is 5.76 Å². The summed E-state index contributed by atoms with van der Waals surface area (Å²) >= 11 is 0. The van der Waals surface area contributed by atoms with E-state index in [0.29, 0.717) is 44.1 Å². The molecule has 1 atom stereocenters. The number of H-pyrrole nitrogens is 1. The molecule has 0 spiro atoms. The molecule has 4 rings (SSSR count). The molecule has 3 heterocycles. The van der Waals surface area contributed by atoms with E-state index < -0.39 is 28.6 Å². The summed E-state index contributed by atoms with van der Waals surface area (Å²) in [5.41, 5.74) is -0.263. The van der Waals surface area contributed by atoms with Gasteiger partial charge in [0.2, 0.25) is 11.2 Å². The number of pyridine rings is 1. The van der Waals surface area contributed by atoms with Gasteiger partial charge in [0.05, 0.1) is 39.2 Å². The van der Waals surface area contributed by atoms with E-state index in [2.05, 4.69) is 9.88 Å². The molecule has 0 aliphatic carbocycles. The number of esters is 1. The third-order valence-corrected chi connectivity index (χ3v) is 5.56. The second-order valence-corrected chi connectivity index (χ2v) is 7.65. The molecule has 9 heteroatoms. The standard InChI is InChI=1S/C23H24N2O7/c1-30-20(27)12-16(17-10-14-4-2-3-5-18(14)24-23(17)29)22-21(28)19(26)11-15(32-22)13-25-6-8-31-9-7-25/h2-5,10-11,16,28H,6-9,12-13H2,1H3,(H,24,29)/t16-/m0/s1. The van der Waals surface area contributed by atoms with Gasteiger partial charge in [-0.05, 0) is 17.5 Å². The molecule has 0 bridgehead atoms. The van der Waals surface area contributed by atoms with Crippen molar-refractivity contribution in [1.29, 1.82) is 0 Å². The van der Waals surface area contributed by atoms with Crippen LogP contribution in [0.5, 0.6) is 5.75 Å². The first-order valence-corrected chi connectivity index (χ1v) is 10.3. The Balaban J connectivity index is 1.81. The minimum absolute atomic E-state index is 0.132. The number of nitrogens with zero attached hydrogens (tertiary/aromatic N) is 1. The van der Waals surface area contributed by atoms with Gasteiger partial charge in [0.15, 0.2) is 5.76 Å². The van der Waals surface area contributed by atoms with Crippen LogP contribution in [0, 0.1) is 0 Å². The van der Waals surface area contributed by atoms with E-state index in [1.807, 2.05) is 12.1 Å². The second-order valence-electron chi connectivity index (χ2n) is 7.65. The minimum Gasteiger partial charge on any atom is -0.502 e. The molecule has 168 valence electrons. The van der Waals surface area contributed by atoms with Gasteiger partial charge in [-0.3, -0.25) is 19.3 Å². The SMILES string of the molecule is COC(=O)C[C@H](c1oc(CN2CCOCC2)cc(=O)c1O)c1cc2ccccc2[nH]c1=O. The Labute approximate surface area is 183 Å². The number of methoxy groups -OCH3 is 1. The van der Waals surface area contributed by atoms with Gasteiger partial charge in [-0.25, -0.2) is 0 Å². The van der Waals surface area contributed by atoms with Crippen LogP contribution in [0.1, 0.15) is 29.4 Å². The van der Waals surface area contributed by atoms with Gasteiger partial charge >= 0.3 is 5.97 Å². The zero-order valence-electron chi connectivity index (χ0n) is 17.6. The molecule has 0 amide bonds. The maximum Gasteiger partial charge on any atom is 0.306 e. The molecule has 1 fully saturated rings. The van der Waals surface area contributed by atoms with Crippen LogP contribution in [-0.2, 0) is 20.8 Å². The third-order valence-electron chi connectivity index (χ3n) is 5.56. The van der Waals surface area contributed by atoms with Crippen LogP contribution in [-0.4, -0.2) is 54.4 Å². The Kier molecular flexibility index (Phi) is 6.38. The number of hydrogen-bond acceptors (Lipinski definition) is 8. The molecule has 9 nitrogen and oxygen atoms in total. The highest BCUT2D eigenvalue weighted by atomic mass is 16.5. The molecule has 3 aromatic rings. The molecule has 0 unspecified atom stereocenters. The van der Waals surface area contributed by atoms with Crippen molar-refractivity contribution in [3.63, 3.8) is 0 Å². The van der Waals surface area contributed by atoms with Crippen LogP contribution in [0.2, 0.25) is 0 Å². The number of ether oxygens (including phenoxy) is 2. The summed E-state index contributed by atoms with van der Waals surface area (Å²) in [6.45, 7) is 2.84. The summed E-state index contributed by atoms with van der Waals surface area (Å²) in [7, 11) is 1.23. The summed E-state index contributed by atoms with van der Waals surface area (Å²) in [6, 6.07) is 10.1. The first kappa shape index (κ1) is 21.8. The molecule has 0 saturated carbocycles. The predicted octanol–water partition coefficient (Wildman–Crippen LogP) is 1.71. The van der Waals surface area contributed by atoms with Crippen molar-refractivity contribution >= 4 is 16.9 Å². The summed E-state index contributed by atoms with van der Waals surface area (Å²) in [5.74, 6) is -2.04. The minimum atomic E-state index is -1.01. The van der Waals surface area contributed by atoms with Crippen LogP contribution < -0.4 is 11.0 Å². The van der Waals surface area contributed by atoms with E-state index in [-0.39, 0.29) is 17.7 Å². The summed E-state index contributed by atoms with van der Waals surface area (Å²) in [4.78, 5) is 42.4. The number of aromatic hydroxyl groups is 1. The lowest BCUT2D eigenvalue weighted by Gasteiger charge is -2.26. The van der Waals surface area contributed by atoms with Crippen LogP contribution >= 0.6 is 0 Å². The highest BCUT2D eigenvalue weighted by Crippen LogP contribution is 2.33. The monoisotopic (exact) mass is 440 g/mol. The number of carbonyl (C=O) groups is 1. The largest absolute Gasteiger partial charge is 0.502 e. The average molecular weight is 440 g/mol. The number of hydrogen-bond donors (Lipinski definition) is 2. The lowest BCUT2D eigenvalue weighted by Crippen LogP contribution is -2.35. The van der Waals surface area contributed by atoms with Crippen molar-refractivity contribution in [2.24, 2.45) is 0 Å². The van der Waals surface area contributed by atoms with Crippen LogP contribution in [0.15, 0.2) is 50.4 Å². The first-order valence-electron chi connectivity index (χ1n) is 10.3.